The Balaban J connectivity index is 2.88. The molecule has 16 heavy (non-hydrogen) atoms. The molecule has 3 heteroatoms. The van der Waals surface area contributed by atoms with E-state index in [1.54, 1.807) is 11.4 Å². The molecule has 0 aromatic rings. The van der Waals surface area contributed by atoms with Gasteiger partial charge in [-0.15, -0.1) is 11.4 Å². The van der Waals surface area contributed by atoms with Gasteiger partial charge in [0.05, 0.1) is 7.35 Å². The van der Waals surface area contributed by atoms with Gasteiger partial charge in [0.2, 0.25) is 0 Å². The Labute approximate surface area is 107 Å². The topological polar surface area (TPSA) is 20.2 Å². The third-order valence-electron chi connectivity index (χ3n) is 2.78. The van der Waals surface area contributed by atoms with Gasteiger partial charge in [0.15, 0.2) is 0 Å². The van der Waals surface area contributed by atoms with Gasteiger partial charge < -0.3 is 4.89 Å². The molecule has 0 saturated heterocycles. The van der Waals surface area contributed by atoms with Gasteiger partial charge in [-0.05, 0) is 18.8 Å². The van der Waals surface area contributed by atoms with Gasteiger partial charge in [0.1, 0.15) is 0 Å². The zero-order valence-electron chi connectivity index (χ0n) is 11.1. The van der Waals surface area contributed by atoms with E-state index >= 15 is 0 Å². The van der Waals surface area contributed by atoms with Crippen LogP contribution in [0, 0.1) is 0 Å². The fraction of sp³-hybridized carbons (Fsp3) is 1.00. The van der Waals surface area contributed by atoms with Crippen molar-refractivity contribution in [2.75, 3.05) is 12.4 Å². The van der Waals surface area contributed by atoms with Gasteiger partial charge in [0.25, 0.3) is 0 Å². The van der Waals surface area contributed by atoms with E-state index in [9.17, 15) is 0 Å². The van der Waals surface area contributed by atoms with E-state index in [1.807, 2.05) is 6.66 Å². The summed E-state index contributed by atoms with van der Waals surface area (Å²) in [7, 11) is -0.720. The molecule has 0 spiro atoms. The van der Waals surface area contributed by atoms with Crippen molar-refractivity contribution < 1.29 is 4.89 Å². The lowest BCUT2D eigenvalue weighted by atomic mass is 10.1. The molecule has 98 valence electrons. The standard InChI is InChI=1S/C13H29OPS/c1-3-4-5-6-7-8-9-10-11-12-13-16-15(2)14/h14H,3-13H2,1-2H3. The normalized spacial score (nSPS) is 12.9. The van der Waals surface area contributed by atoms with Crippen molar-refractivity contribution in [2.45, 2.75) is 71.1 Å². The van der Waals surface area contributed by atoms with E-state index in [0.717, 1.165) is 5.75 Å². The fourth-order valence-corrected chi connectivity index (χ4v) is 3.56. The van der Waals surface area contributed by atoms with Crippen molar-refractivity contribution in [2.24, 2.45) is 0 Å². The van der Waals surface area contributed by atoms with Crippen LogP contribution in [-0.4, -0.2) is 17.3 Å². The Morgan fingerprint density at radius 1 is 0.812 bits per heavy atom. The summed E-state index contributed by atoms with van der Waals surface area (Å²) in [6.07, 6.45) is 13.9. The van der Waals surface area contributed by atoms with Gasteiger partial charge >= 0.3 is 0 Å². The third-order valence-corrected chi connectivity index (χ3v) is 5.29. The van der Waals surface area contributed by atoms with Crippen LogP contribution in [0.2, 0.25) is 0 Å². The molecule has 0 bridgehead atoms. The van der Waals surface area contributed by atoms with E-state index in [1.165, 1.54) is 64.2 Å². The Morgan fingerprint density at radius 2 is 1.25 bits per heavy atom. The number of unbranched alkanes of at least 4 members (excludes halogenated alkanes) is 9. The predicted molar refractivity (Wildman–Crippen MR) is 79.4 cm³/mol. The Morgan fingerprint density at radius 3 is 1.69 bits per heavy atom. The molecule has 0 fully saturated rings. The van der Waals surface area contributed by atoms with Crippen molar-refractivity contribution in [3.05, 3.63) is 0 Å². The van der Waals surface area contributed by atoms with E-state index in [0.29, 0.717) is 0 Å². The van der Waals surface area contributed by atoms with Crippen LogP contribution >= 0.6 is 18.7 Å². The lowest BCUT2D eigenvalue weighted by Gasteiger charge is -2.03. The second-order valence-corrected chi connectivity index (χ2v) is 8.43. The molecule has 1 unspecified atom stereocenters. The van der Waals surface area contributed by atoms with Crippen LogP contribution < -0.4 is 0 Å². The summed E-state index contributed by atoms with van der Waals surface area (Å²) in [4.78, 5) is 9.12. The minimum absolute atomic E-state index is 0.720. The van der Waals surface area contributed by atoms with Crippen molar-refractivity contribution >= 4 is 18.7 Å². The highest BCUT2D eigenvalue weighted by Gasteiger charge is 1.96. The Hall–Kier alpha value is 0.740. The molecule has 1 nitrogen and oxygen atoms in total. The first-order valence-electron chi connectivity index (χ1n) is 6.83. The molecule has 0 aliphatic carbocycles. The summed E-state index contributed by atoms with van der Waals surface area (Å²) in [5.41, 5.74) is 0. The van der Waals surface area contributed by atoms with Crippen molar-refractivity contribution in [1.82, 2.24) is 0 Å². The first-order chi connectivity index (χ1) is 7.77. The lowest BCUT2D eigenvalue weighted by molar-refractivity contribution is 0.563. The fourth-order valence-electron chi connectivity index (χ4n) is 1.79. The molecule has 1 N–H and O–H groups in total. The summed E-state index contributed by atoms with van der Waals surface area (Å²) < 4.78 is 0. The molecule has 0 aliphatic heterocycles. The number of hydrogen-bond acceptors (Lipinski definition) is 2. The van der Waals surface area contributed by atoms with Crippen LogP contribution in [0.3, 0.4) is 0 Å². The molecule has 0 amide bonds. The van der Waals surface area contributed by atoms with Gasteiger partial charge in [-0.25, -0.2) is 0 Å². The van der Waals surface area contributed by atoms with Crippen LogP contribution in [0.15, 0.2) is 0 Å². The molecule has 0 aliphatic rings. The van der Waals surface area contributed by atoms with Gasteiger partial charge in [0, 0.05) is 0 Å². The summed E-state index contributed by atoms with van der Waals surface area (Å²) >= 11 is 1.73. The van der Waals surface area contributed by atoms with Crippen LogP contribution in [0.4, 0.5) is 0 Å². The van der Waals surface area contributed by atoms with Crippen molar-refractivity contribution in [3.63, 3.8) is 0 Å². The monoisotopic (exact) mass is 264 g/mol. The highest BCUT2D eigenvalue weighted by Crippen LogP contribution is 2.41. The third kappa shape index (κ3) is 14.7. The molecular formula is C13H29OPS. The maximum Gasteiger partial charge on any atom is 0.0815 e. The quantitative estimate of drug-likeness (QED) is 0.367. The molecule has 0 saturated carbocycles. The van der Waals surface area contributed by atoms with Crippen molar-refractivity contribution in [3.8, 4) is 0 Å². The van der Waals surface area contributed by atoms with Gasteiger partial charge in [-0.2, -0.15) is 0 Å². The minimum Gasteiger partial charge on any atom is -0.363 e. The molecule has 0 aromatic heterocycles. The van der Waals surface area contributed by atoms with E-state index in [2.05, 4.69) is 6.92 Å². The summed E-state index contributed by atoms with van der Waals surface area (Å²) in [5, 5.41) is 0. The van der Waals surface area contributed by atoms with Crippen LogP contribution in [-0.2, 0) is 0 Å². The van der Waals surface area contributed by atoms with Crippen LogP contribution in [0.25, 0.3) is 0 Å². The van der Waals surface area contributed by atoms with Crippen molar-refractivity contribution in [1.29, 1.82) is 0 Å². The highest BCUT2D eigenvalue weighted by molar-refractivity contribution is 8.53. The average molecular weight is 264 g/mol. The first kappa shape index (κ1) is 16.7. The predicted octanol–water partition coefficient (Wildman–Crippen LogP) is 5.57. The first-order valence-corrected chi connectivity index (χ1v) is 10.2. The SMILES string of the molecule is CCCCCCCCCCCCSP(C)O. The number of hydrogen-bond donors (Lipinski definition) is 1. The Bertz CT molecular complexity index is 131. The lowest BCUT2D eigenvalue weighted by Crippen LogP contribution is -1.83. The molecule has 0 heterocycles. The Kier molecular flexibility index (Phi) is 14.4. The summed E-state index contributed by atoms with van der Waals surface area (Å²) in [6, 6.07) is 0. The van der Waals surface area contributed by atoms with Crippen LogP contribution in [0.1, 0.15) is 71.1 Å². The molecule has 0 rings (SSSR count). The largest absolute Gasteiger partial charge is 0.363 e. The number of rotatable bonds is 12. The second kappa shape index (κ2) is 13.8. The molecule has 0 aromatic carbocycles. The minimum atomic E-state index is -0.720. The average Bonchev–Trinajstić information content (AvgIpc) is 2.25. The smallest absolute Gasteiger partial charge is 0.0815 e. The zero-order valence-corrected chi connectivity index (χ0v) is 12.8. The van der Waals surface area contributed by atoms with Gasteiger partial charge in [-0.1, -0.05) is 64.7 Å². The van der Waals surface area contributed by atoms with E-state index < -0.39 is 7.35 Å². The van der Waals surface area contributed by atoms with E-state index in [4.69, 9.17) is 4.89 Å². The highest BCUT2D eigenvalue weighted by atomic mass is 32.7. The summed E-state index contributed by atoms with van der Waals surface area (Å²) in [6.45, 7) is 4.18. The molecule has 0 radical (unpaired) electrons. The maximum absolute atomic E-state index is 9.12. The van der Waals surface area contributed by atoms with E-state index in [-0.39, 0.29) is 0 Å². The maximum atomic E-state index is 9.12. The zero-order chi connectivity index (χ0) is 12.1. The van der Waals surface area contributed by atoms with Crippen LogP contribution in [0.5, 0.6) is 0 Å². The summed E-state index contributed by atoms with van der Waals surface area (Å²) in [5.74, 6) is 1.15. The van der Waals surface area contributed by atoms with Gasteiger partial charge in [-0.3, -0.25) is 0 Å². The molecule has 1 atom stereocenters. The molecular weight excluding hydrogens is 235 g/mol. The second-order valence-electron chi connectivity index (χ2n) is 4.48.